The van der Waals surface area contributed by atoms with Crippen LogP contribution in [0.15, 0.2) is 30.4 Å². The summed E-state index contributed by atoms with van der Waals surface area (Å²) in [7, 11) is 1.50. The number of aromatic hydroxyl groups is 1. The van der Waals surface area contributed by atoms with Gasteiger partial charge in [0.05, 0.1) is 7.11 Å². The highest BCUT2D eigenvalue weighted by molar-refractivity contribution is 5.44. The summed E-state index contributed by atoms with van der Waals surface area (Å²) in [6.45, 7) is 6.08. The van der Waals surface area contributed by atoms with Crippen LogP contribution in [0.25, 0.3) is 0 Å². The minimum atomic E-state index is 0.107. The largest absolute Gasteiger partial charge is 0.504 e. The van der Waals surface area contributed by atoms with Gasteiger partial charge >= 0.3 is 0 Å². The average Bonchev–Trinajstić information content (AvgIpc) is 2.16. The lowest BCUT2D eigenvalue weighted by molar-refractivity contribution is 0.340. The van der Waals surface area contributed by atoms with Gasteiger partial charge in [-0.05, 0) is 24.6 Å². The topological polar surface area (TPSA) is 38.7 Å². The van der Waals surface area contributed by atoms with Crippen molar-refractivity contribution in [2.24, 2.45) is 0 Å². The summed E-state index contributed by atoms with van der Waals surface area (Å²) in [4.78, 5) is 0. The van der Waals surface area contributed by atoms with Crippen molar-refractivity contribution in [2.75, 3.05) is 13.7 Å². The van der Waals surface area contributed by atoms with Crippen molar-refractivity contribution in [2.45, 2.75) is 6.92 Å². The number of phenolic OH excluding ortho intramolecular Hbond substituents is 1. The molecule has 1 aromatic rings. The molecule has 0 saturated heterocycles. The summed E-state index contributed by atoms with van der Waals surface area (Å²) in [5.74, 6) is 1.17. The van der Waals surface area contributed by atoms with Crippen LogP contribution in [0.5, 0.6) is 17.2 Å². The summed E-state index contributed by atoms with van der Waals surface area (Å²) in [6.07, 6.45) is 0. The normalized spacial score (nSPS) is 9.57. The summed E-state index contributed by atoms with van der Waals surface area (Å²) in [5.41, 5.74) is 0.942. The highest BCUT2D eigenvalue weighted by Gasteiger charge is 2.02. The third-order valence-corrected chi connectivity index (χ3v) is 1.64. The third kappa shape index (κ3) is 2.69. The predicted molar refractivity (Wildman–Crippen MR) is 55.0 cm³/mol. The van der Waals surface area contributed by atoms with Crippen molar-refractivity contribution < 1.29 is 14.6 Å². The molecule has 0 aliphatic rings. The second-order valence-corrected chi connectivity index (χ2v) is 3.08. The summed E-state index contributed by atoms with van der Waals surface area (Å²) in [5, 5.41) is 9.31. The number of phenols is 1. The van der Waals surface area contributed by atoms with Gasteiger partial charge in [0.15, 0.2) is 11.5 Å². The van der Waals surface area contributed by atoms with E-state index in [1.54, 1.807) is 12.1 Å². The number of hydrogen-bond acceptors (Lipinski definition) is 3. The first kappa shape index (κ1) is 10.4. The minimum absolute atomic E-state index is 0.107. The molecule has 1 rings (SSSR count). The fraction of sp³-hybridized carbons (Fsp3) is 0.273. The number of hydrogen-bond donors (Lipinski definition) is 1. The number of rotatable bonds is 4. The molecule has 0 bridgehead atoms. The summed E-state index contributed by atoms with van der Waals surface area (Å²) < 4.78 is 10.3. The van der Waals surface area contributed by atoms with Crippen molar-refractivity contribution >= 4 is 0 Å². The van der Waals surface area contributed by atoms with E-state index in [9.17, 15) is 5.11 Å². The van der Waals surface area contributed by atoms with E-state index >= 15 is 0 Å². The van der Waals surface area contributed by atoms with Gasteiger partial charge in [0.2, 0.25) is 0 Å². The van der Waals surface area contributed by atoms with Crippen LogP contribution in [0.3, 0.4) is 0 Å². The van der Waals surface area contributed by atoms with E-state index in [4.69, 9.17) is 9.47 Å². The van der Waals surface area contributed by atoms with Crippen LogP contribution >= 0.6 is 0 Å². The molecule has 0 aliphatic carbocycles. The lowest BCUT2D eigenvalue weighted by atomic mass is 10.3. The molecule has 0 aromatic heterocycles. The first-order valence-electron chi connectivity index (χ1n) is 4.27. The molecular formula is C11H14O3. The van der Waals surface area contributed by atoms with Crippen LogP contribution in [0.1, 0.15) is 6.92 Å². The monoisotopic (exact) mass is 194 g/mol. The Kier molecular flexibility index (Phi) is 3.40. The van der Waals surface area contributed by atoms with Crippen LogP contribution in [-0.2, 0) is 0 Å². The van der Waals surface area contributed by atoms with Gasteiger partial charge in [0.25, 0.3) is 0 Å². The van der Waals surface area contributed by atoms with Crippen molar-refractivity contribution in [3.8, 4) is 17.2 Å². The van der Waals surface area contributed by atoms with Gasteiger partial charge in [0, 0.05) is 6.07 Å². The van der Waals surface area contributed by atoms with Crippen LogP contribution < -0.4 is 9.47 Å². The van der Waals surface area contributed by atoms with Crippen molar-refractivity contribution in [1.29, 1.82) is 0 Å². The van der Waals surface area contributed by atoms with Gasteiger partial charge < -0.3 is 14.6 Å². The van der Waals surface area contributed by atoms with Gasteiger partial charge in [-0.25, -0.2) is 0 Å². The quantitative estimate of drug-likeness (QED) is 0.748. The molecule has 0 aliphatic heterocycles. The first-order chi connectivity index (χ1) is 6.63. The van der Waals surface area contributed by atoms with E-state index in [0.29, 0.717) is 18.1 Å². The molecule has 76 valence electrons. The third-order valence-electron chi connectivity index (χ3n) is 1.64. The first-order valence-corrected chi connectivity index (χ1v) is 4.27. The molecule has 0 atom stereocenters. The smallest absolute Gasteiger partial charge is 0.164 e. The second-order valence-electron chi connectivity index (χ2n) is 3.08. The molecule has 3 nitrogen and oxygen atoms in total. The van der Waals surface area contributed by atoms with E-state index in [-0.39, 0.29) is 5.75 Å². The van der Waals surface area contributed by atoms with Crippen molar-refractivity contribution in [3.63, 3.8) is 0 Å². The highest BCUT2D eigenvalue weighted by Crippen LogP contribution is 2.29. The molecular weight excluding hydrogens is 180 g/mol. The Bertz CT molecular complexity index is 331. The van der Waals surface area contributed by atoms with Gasteiger partial charge in [-0.3, -0.25) is 0 Å². The molecule has 0 radical (unpaired) electrons. The van der Waals surface area contributed by atoms with Crippen molar-refractivity contribution in [1.82, 2.24) is 0 Å². The molecule has 1 N–H and O–H groups in total. The van der Waals surface area contributed by atoms with Crippen LogP contribution in [0.2, 0.25) is 0 Å². The maximum absolute atomic E-state index is 9.31. The maximum atomic E-state index is 9.31. The molecule has 0 heterocycles. The standard InChI is InChI=1S/C11H14O3/c1-8(2)7-14-9-4-5-10(12)11(6-9)13-3/h4-6,12H,1,7H2,2-3H3. The summed E-state index contributed by atoms with van der Waals surface area (Å²) in [6, 6.07) is 4.85. The lowest BCUT2D eigenvalue weighted by Crippen LogP contribution is -1.97. The maximum Gasteiger partial charge on any atom is 0.164 e. The van der Waals surface area contributed by atoms with E-state index in [0.717, 1.165) is 5.57 Å². The van der Waals surface area contributed by atoms with E-state index in [2.05, 4.69) is 6.58 Å². The van der Waals surface area contributed by atoms with Gasteiger partial charge in [-0.15, -0.1) is 0 Å². The zero-order chi connectivity index (χ0) is 10.6. The van der Waals surface area contributed by atoms with Crippen molar-refractivity contribution in [3.05, 3.63) is 30.4 Å². The average molecular weight is 194 g/mol. The molecule has 14 heavy (non-hydrogen) atoms. The van der Waals surface area contributed by atoms with Crippen LogP contribution in [0, 0.1) is 0 Å². The Morgan fingerprint density at radius 2 is 2.21 bits per heavy atom. The molecule has 0 fully saturated rings. The minimum Gasteiger partial charge on any atom is -0.504 e. The zero-order valence-corrected chi connectivity index (χ0v) is 8.41. The SMILES string of the molecule is C=C(C)COc1ccc(O)c(OC)c1. The van der Waals surface area contributed by atoms with E-state index < -0.39 is 0 Å². The Morgan fingerprint density at radius 3 is 2.79 bits per heavy atom. The van der Waals surface area contributed by atoms with Crippen LogP contribution in [-0.4, -0.2) is 18.8 Å². The predicted octanol–water partition coefficient (Wildman–Crippen LogP) is 2.36. The Morgan fingerprint density at radius 1 is 1.50 bits per heavy atom. The highest BCUT2D eigenvalue weighted by atomic mass is 16.5. The van der Waals surface area contributed by atoms with Gasteiger partial charge in [-0.2, -0.15) is 0 Å². The second kappa shape index (κ2) is 4.56. The molecule has 3 heteroatoms. The molecule has 0 saturated carbocycles. The Labute approximate surface area is 83.6 Å². The molecule has 0 unspecified atom stereocenters. The molecule has 1 aromatic carbocycles. The number of methoxy groups -OCH3 is 1. The van der Waals surface area contributed by atoms with E-state index in [1.165, 1.54) is 13.2 Å². The lowest BCUT2D eigenvalue weighted by Gasteiger charge is -2.08. The fourth-order valence-electron chi connectivity index (χ4n) is 0.954. The van der Waals surface area contributed by atoms with E-state index in [1.807, 2.05) is 6.92 Å². The number of ether oxygens (including phenoxy) is 2. The van der Waals surface area contributed by atoms with Gasteiger partial charge in [-0.1, -0.05) is 6.58 Å². The summed E-state index contributed by atoms with van der Waals surface area (Å²) >= 11 is 0. The number of benzene rings is 1. The Hall–Kier alpha value is -1.64. The molecule has 0 spiro atoms. The van der Waals surface area contributed by atoms with Gasteiger partial charge in [0.1, 0.15) is 12.4 Å². The molecule has 0 amide bonds. The zero-order valence-electron chi connectivity index (χ0n) is 8.41. The fourth-order valence-corrected chi connectivity index (χ4v) is 0.954. The Balaban J connectivity index is 2.74. The van der Waals surface area contributed by atoms with Crippen LogP contribution in [0.4, 0.5) is 0 Å².